The smallest absolute Gasteiger partial charge is 0.318 e. The summed E-state index contributed by atoms with van der Waals surface area (Å²) in [5, 5.41) is 10.9. The Bertz CT molecular complexity index is 636. The van der Waals surface area contributed by atoms with E-state index in [1.54, 1.807) is 11.3 Å². The number of nitrogens with one attached hydrogen (secondary N) is 2. The van der Waals surface area contributed by atoms with Gasteiger partial charge in [0, 0.05) is 23.2 Å². The first-order valence-electron chi connectivity index (χ1n) is 7.61. The number of thiazole rings is 1. The molecule has 0 aliphatic carbocycles. The quantitative estimate of drug-likeness (QED) is 0.913. The molecule has 1 atom stereocenters. The van der Waals surface area contributed by atoms with Crippen LogP contribution >= 0.6 is 11.3 Å². The first-order chi connectivity index (χ1) is 10.6. The lowest BCUT2D eigenvalue weighted by atomic mass is 9.98. The van der Waals surface area contributed by atoms with Gasteiger partial charge in [-0.2, -0.15) is 5.10 Å². The molecule has 0 saturated carbocycles. The molecule has 0 radical (unpaired) electrons. The maximum absolute atomic E-state index is 12.6. The molecule has 2 N–H and O–H groups in total. The van der Waals surface area contributed by atoms with Crippen LogP contribution in [0.4, 0.5) is 4.79 Å². The fourth-order valence-electron chi connectivity index (χ4n) is 2.96. The molecular weight excluding hydrogens is 298 g/mol. The molecule has 2 aromatic heterocycles. The first-order valence-corrected chi connectivity index (χ1v) is 8.43. The van der Waals surface area contributed by atoms with Gasteiger partial charge in [0.1, 0.15) is 0 Å². The van der Waals surface area contributed by atoms with Gasteiger partial charge in [-0.1, -0.05) is 0 Å². The fourth-order valence-corrected chi connectivity index (χ4v) is 3.84. The number of aryl methyl sites for hydroxylation is 2. The standard InChI is InChI=1S/C15H21N5OS/c1-10-14(22-11(2)19-10)9-16-15(21)20-6-4-3-5-13(20)12-7-17-18-8-12/h7-8,13H,3-6,9H2,1-2H3,(H,16,21)(H,17,18)/t13-/m1/s1. The van der Waals surface area contributed by atoms with Gasteiger partial charge in [-0.3, -0.25) is 5.10 Å². The SMILES string of the molecule is Cc1nc(C)c(CNC(=O)N2CCCC[C@@H]2c2cn[nH]c2)s1. The lowest BCUT2D eigenvalue weighted by Crippen LogP contribution is -2.44. The predicted octanol–water partition coefficient (Wildman–Crippen LogP) is 2.92. The summed E-state index contributed by atoms with van der Waals surface area (Å²) in [6.07, 6.45) is 6.89. The second kappa shape index (κ2) is 6.48. The molecule has 1 aliphatic rings. The second-order valence-corrected chi connectivity index (χ2v) is 6.92. The highest BCUT2D eigenvalue weighted by Crippen LogP contribution is 2.30. The van der Waals surface area contributed by atoms with Crippen molar-refractivity contribution < 1.29 is 4.79 Å². The Kier molecular flexibility index (Phi) is 4.42. The normalized spacial score (nSPS) is 18.5. The highest BCUT2D eigenvalue weighted by atomic mass is 32.1. The monoisotopic (exact) mass is 319 g/mol. The van der Waals surface area contributed by atoms with Gasteiger partial charge < -0.3 is 10.2 Å². The van der Waals surface area contributed by atoms with Crippen LogP contribution in [0.1, 0.15) is 46.4 Å². The van der Waals surface area contributed by atoms with Crippen molar-refractivity contribution in [2.24, 2.45) is 0 Å². The zero-order valence-corrected chi connectivity index (χ0v) is 13.7. The van der Waals surface area contributed by atoms with Crippen molar-refractivity contribution in [1.82, 2.24) is 25.4 Å². The van der Waals surface area contributed by atoms with E-state index in [2.05, 4.69) is 20.5 Å². The van der Waals surface area contributed by atoms with E-state index in [4.69, 9.17) is 0 Å². The van der Waals surface area contributed by atoms with Crippen LogP contribution in [0.25, 0.3) is 0 Å². The minimum atomic E-state index is -0.00338. The van der Waals surface area contributed by atoms with Crippen molar-refractivity contribution in [2.75, 3.05) is 6.54 Å². The van der Waals surface area contributed by atoms with Gasteiger partial charge in [0.25, 0.3) is 0 Å². The summed E-state index contributed by atoms with van der Waals surface area (Å²) in [4.78, 5) is 20.0. The number of hydrogen-bond donors (Lipinski definition) is 2. The van der Waals surface area contributed by atoms with Gasteiger partial charge in [-0.15, -0.1) is 11.3 Å². The minimum Gasteiger partial charge on any atom is -0.333 e. The third-order valence-corrected chi connectivity index (χ3v) is 5.14. The van der Waals surface area contributed by atoms with E-state index in [1.807, 2.05) is 31.1 Å². The molecule has 7 heteroatoms. The van der Waals surface area contributed by atoms with Crippen LogP contribution in [0.5, 0.6) is 0 Å². The van der Waals surface area contributed by atoms with E-state index in [-0.39, 0.29) is 12.1 Å². The van der Waals surface area contributed by atoms with Crippen LogP contribution in [0.15, 0.2) is 12.4 Å². The van der Waals surface area contributed by atoms with E-state index in [0.717, 1.165) is 46.9 Å². The number of urea groups is 1. The van der Waals surface area contributed by atoms with Gasteiger partial charge in [0.2, 0.25) is 0 Å². The molecule has 0 bridgehead atoms. The zero-order chi connectivity index (χ0) is 15.5. The number of hydrogen-bond acceptors (Lipinski definition) is 4. The van der Waals surface area contributed by atoms with Crippen LogP contribution in [0, 0.1) is 13.8 Å². The zero-order valence-electron chi connectivity index (χ0n) is 12.9. The van der Waals surface area contributed by atoms with Gasteiger partial charge in [-0.05, 0) is 33.1 Å². The maximum atomic E-state index is 12.6. The molecule has 118 valence electrons. The highest BCUT2D eigenvalue weighted by molar-refractivity contribution is 7.11. The molecule has 2 aromatic rings. The Morgan fingerprint density at radius 1 is 1.50 bits per heavy atom. The lowest BCUT2D eigenvalue weighted by molar-refractivity contribution is 0.151. The number of piperidine rings is 1. The molecule has 3 heterocycles. The molecule has 3 rings (SSSR count). The average Bonchev–Trinajstić information content (AvgIpc) is 3.14. The molecule has 0 aromatic carbocycles. The van der Waals surface area contributed by atoms with Gasteiger partial charge in [-0.25, -0.2) is 9.78 Å². The summed E-state index contributed by atoms with van der Waals surface area (Å²) in [6.45, 7) is 5.32. The number of H-pyrrole nitrogens is 1. The third kappa shape index (κ3) is 3.14. The first kappa shape index (κ1) is 15.0. The summed E-state index contributed by atoms with van der Waals surface area (Å²) in [7, 11) is 0. The summed E-state index contributed by atoms with van der Waals surface area (Å²) < 4.78 is 0. The number of amides is 2. The predicted molar refractivity (Wildman–Crippen MR) is 85.7 cm³/mol. The molecular formula is C15H21N5OS. The maximum Gasteiger partial charge on any atom is 0.318 e. The van der Waals surface area contributed by atoms with Crippen molar-refractivity contribution in [1.29, 1.82) is 0 Å². The van der Waals surface area contributed by atoms with Crippen LogP contribution < -0.4 is 5.32 Å². The van der Waals surface area contributed by atoms with Crippen LogP contribution in [-0.2, 0) is 6.54 Å². The molecule has 0 spiro atoms. The van der Waals surface area contributed by atoms with Crippen molar-refractivity contribution in [3.05, 3.63) is 33.5 Å². The van der Waals surface area contributed by atoms with Gasteiger partial charge in [0.05, 0.1) is 29.5 Å². The molecule has 6 nitrogen and oxygen atoms in total. The topological polar surface area (TPSA) is 73.9 Å². The Morgan fingerprint density at radius 3 is 3.05 bits per heavy atom. The Hall–Kier alpha value is -1.89. The van der Waals surface area contributed by atoms with Crippen molar-refractivity contribution in [3.8, 4) is 0 Å². The lowest BCUT2D eigenvalue weighted by Gasteiger charge is -2.35. The summed E-state index contributed by atoms with van der Waals surface area (Å²) in [6, 6.07) is 0.119. The van der Waals surface area contributed by atoms with Crippen molar-refractivity contribution in [2.45, 2.75) is 45.7 Å². The van der Waals surface area contributed by atoms with E-state index < -0.39 is 0 Å². The molecule has 2 amide bonds. The number of carbonyl (C=O) groups is 1. The number of nitrogens with zero attached hydrogens (tertiary/aromatic N) is 3. The summed E-state index contributed by atoms with van der Waals surface area (Å²) in [5.74, 6) is 0. The van der Waals surface area contributed by atoms with Crippen molar-refractivity contribution >= 4 is 17.4 Å². The fraction of sp³-hybridized carbons (Fsp3) is 0.533. The average molecular weight is 319 g/mol. The number of carbonyl (C=O) groups excluding carboxylic acids is 1. The Balaban J connectivity index is 1.66. The second-order valence-electron chi connectivity index (χ2n) is 5.64. The number of aromatic amines is 1. The summed E-state index contributed by atoms with van der Waals surface area (Å²) >= 11 is 1.64. The largest absolute Gasteiger partial charge is 0.333 e. The van der Waals surface area contributed by atoms with Gasteiger partial charge in [0.15, 0.2) is 0 Å². The molecule has 0 unspecified atom stereocenters. The molecule has 1 aliphatic heterocycles. The van der Waals surface area contributed by atoms with Crippen LogP contribution in [-0.4, -0.2) is 32.7 Å². The van der Waals surface area contributed by atoms with E-state index in [1.165, 1.54) is 0 Å². The Labute approximate surface area is 133 Å². The summed E-state index contributed by atoms with van der Waals surface area (Å²) in [5.41, 5.74) is 2.09. The van der Waals surface area contributed by atoms with E-state index in [9.17, 15) is 4.79 Å². The van der Waals surface area contributed by atoms with Gasteiger partial charge >= 0.3 is 6.03 Å². The van der Waals surface area contributed by atoms with E-state index in [0.29, 0.717) is 6.54 Å². The molecule has 22 heavy (non-hydrogen) atoms. The van der Waals surface area contributed by atoms with E-state index >= 15 is 0 Å². The number of likely N-dealkylation sites (tertiary alicyclic amines) is 1. The van der Waals surface area contributed by atoms with Crippen LogP contribution in [0.3, 0.4) is 0 Å². The number of aromatic nitrogens is 3. The van der Waals surface area contributed by atoms with Crippen LogP contribution in [0.2, 0.25) is 0 Å². The molecule has 1 fully saturated rings. The Morgan fingerprint density at radius 2 is 2.36 bits per heavy atom. The highest BCUT2D eigenvalue weighted by Gasteiger charge is 2.28. The molecule has 1 saturated heterocycles. The number of rotatable bonds is 3. The van der Waals surface area contributed by atoms with Crippen molar-refractivity contribution in [3.63, 3.8) is 0 Å². The third-order valence-electron chi connectivity index (χ3n) is 4.07. The minimum absolute atomic E-state index is 0.00338.